The van der Waals surface area contributed by atoms with Crippen molar-refractivity contribution < 1.29 is 9.50 Å². The maximum absolute atomic E-state index is 13.4. The molecule has 0 aliphatic rings. The van der Waals surface area contributed by atoms with Crippen molar-refractivity contribution in [3.05, 3.63) is 34.6 Å². The summed E-state index contributed by atoms with van der Waals surface area (Å²) >= 11 is 5.67. The van der Waals surface area contributed by atoms with Gasteiger partial charge in [-0.1, -0.05) is 24.6 Å². The number of benzene rings is 1. The number of aliphatic hydroxyl groups excluding tert-OH is 1. The minimum atomic E-state index is -0.270. The first kappa shape index (κ1) is 14.4. The molecule has 1 aromatic carbocycles. The summed E-state index contributed by atoms with van der Waals surface area (Å²) in [5, 5.41) is 12.4. The molecule has 0 aliphatic heterocycles. The fourth-order valence-electron chi connectivity index (χ4n) is 1.55. The molecule has 0 aromatic heterocycles. The van der Waals surface area contributed by atoms with Crippen molar-refractivity contribution in [1.29, 1.82) is 0 Å². The Kier molecular flexibility index (Phi) is 6.48. The lowest BCUT2D eigenvalue weighted by molar-refractivity contribution is 0.228. The Labute approximate surface area is 107 Å². The van der Waals surface area contributed by atoms with Gasteiger partial charge in [-0.3, -0.25) is 0 Å². The number of hydrogen-bond donors (Lipinski definition) is 2. The lowest BCUT2D eigenvalue weighted by Crippen LogP contribution is -2.16. The lowest BCUT2D eigenvalue weighted by atomic mass is 10.1. The molecule has 0 aliphatic carbocycles. The molecule has 0 fully saturated rings. The first-order valence-corrected chi connectivity index (χ1v) is 6.26. The quantitative estimate of drug-likeness (QED) is 0.738. The van der Waals surface area contributed by atoms with Gasteiger partial charge < -0.3 is 10.4 Å². The van der Waals surface area contributed by atoms with Gasteiger partial charge in [-0.05, 0) is 37.4 Å². The van der Waals surface area contributed by atoms with Crippen LogP contribution in [0.5, 0.6) is 0 Å². The van der Waals surface area contributed by atoms with Gasteiger partial charge >= 0.3 is 0 Å². The summed E-state index contributed by atoms with van der Waals surface area (Å²) in [4.78, 5) is 0. The lowest BCUT2D eigenvalue weighted by Gasteiger charge is -2.09. The molecule has 4 heteroatoms. The second-order valence-electron chi connectivity index (χ2n) is 4.34. The molecule has 96 valence electrons. The van der Waals surface area contributed by atoms with Crippen molar-refractivity contribution in [2.24, 2.45) is 5.92 Å². The van der Waals surface area contributed by atoms with Gasteiger partial charge in [-0.15, -0.1) is 0 Å². The average Bonchev–Trinajstić information content (AvgIpc) is 2.30. The van der Waals surface area contributed by atoms with Gasteiger partial charge in [-0.2, -0.15) is 0 Å². The van der Waals surface area contributed by atoms with Crippen LogP contribution in [0, 0.1) is 11.7 Å². The summed E-state index contributed by atoms with van der Waals surface area (Å²) in [5.41, 5.74) is 0.629. The minimum Gasteiger partial charge on any atom is -0.396 e. The van der Waals surface area contributed by atoms with E-state index in [2.05, 4.69) is 5.32 Å². The number of halogens is 2. The van der Waals surface area contributed by atoms with Crippen LogP contribution in [0.3, 0.4) is 0 Å². The summed E-state index contributed by atoms with van der Waals surface area (Å²) in [6.07, 6.45) is 1.96. The smallest absolute Gasteiger partial charge is 0.129 e. The van der Waals surface area contributed by atoms with Gasteiger partial charge in [0.1, 0.15) is 5.82 Å². The fourth-order valence-corrected chi connectivity index (χ4v) is 1.71. The molecule has 0 amide bonds. The van der Waals surface area contributed by atoms with E-state index in [0.29, 0.717) is 23.0 Å². The number of hydrogen-bond acceptors (Lipinski definition) is 2. The van der Waals surface area contributed by atoms with E-state index in [0.717, 1.165) is 19.4 Å². The van der Waals surface area contributed by atoms with Crippen molar-refractivity contribution in [1.82, 2.24) is 5.32 Å². The van der Waals surface area contributed by atoms with Crippen LogP contribution in [0.15, 0.2) is 18.2 Å². The van der Waals surface area contributed by atoms with E-state index in [1.807, 2.05) is 6.92 Å². The van der Waals surface area contributed by atoms with Crippen LogP contribution < -0.4 is 5.32 Å². The largest absolute Gasteiger partial charge is 0.396 e. The van der Waals surface area contributed by atoms with Gasteiger partial charge in [0.2, 0.25) is 0 Å². The topological polar surface area (TPSA) is 32.3 Å². The summed E-state index contributed by atoms with van der Waals surface area (Å²) in [6, 6.07) is 4.71. The Morgan fingerprint density at radius 2 is 2.24 bits per heavy atom. The van der Waals surface area contributed by atoms with E-state index in [4.69, 9.17) is 16.7 Å². The average molecular weight is 260 g/mol. The molecule has 2 N–H and O–H groups in total. The van der Waals surface area contributed by atoms with Crippen LogP contribution in [0.1, 0.15) is 25.3 Å². The molecule has 2 nitrogen and oxygen atoms in total. The molecular weight excluding hydrogens is 241 g/mol. The summed E-state index contributed by atoms with van der Waals surface area (Å²) < 4.78 is 13.4. The fraction of sp³-hybridized carbons (Fsp3) is 0.538. The van der Waals surface area contributed by atoms with E-state index in [1.165, 1.54) is 6.07 Å². The second kappa shape index (κ2) is 7.64. The molecular formula is C13H19ClFNO. The first-order valence-electron chi connectivity index (χ1n) is 5.89. The molecule has 1 atom stereocenters. The Hall–Kier alpha value is -0.640. The Morgan fingerprint density at radius 3 is 2.88 bits per heavy atom. The van der Waals surface area contributed by atoms with Crippen LogP contribution >= 0.6 is 11.6 Å². The van der Waals surface area contributed by atoms with Crippen molar-refractivity contribution in [3.63, 3.8) is 0 Å². The van der Waals surface area contributed by atoms with Gasteiger partial charge in [-0.25, -0.2) is 4.39 Å². The molecule has 1 aromatic rings. The molecule has 1 rings (SSSR count). The number of rotatable bonds is 7. The molecule has 0 heterocycles. The van der Waals surface area contributed by atoms with Crippen molar-refractivity contribution in [2.75, 3.05) is 13.2 Å². The maximum Gasteiger partial charge on any atom is 0.129 e. The van der Waals surface area contributed by atoms with Crippen LogP contribution in [-0.2, 0) is 6.54 Å². The summed E-state index contributed by atoms with van der Waals surface area (Å²) in [7, 11) is 0. The molecule has 0 spiro atoms. The second-order valence-corrected chi connectivity index (χ2v) is 4.78. The molecule has 0 saturated heterocycles. The predicted octanol–water partition coefficient (Wildman–Crippen LogP) is 2.98. The van der Waals surface area contributed by atoms with Crippen molar-refractivity contribution in [2.45, 2.75) is 26.3 Å². The van der Waals surface area contributed by atoms with E-state index < -0.39 is 0 Å². The van der Waals surface area contributed by atoms with E-state index in [1.54, 1.807) is 12.1 Å². The Balaban J connectivity index is 2.22. The molecule has 0 bridgehead atoms. The third-order valence-corrected chi connectivity index (χ3v) is 2.93. The third-order valence-electron chi connectivity index (χ3n) is 2.69. The van der Waals surface area contributed by atoms with Crippen LogP contribution in [-0.4, -0.2) is 18.3 Å². The van der Waals surface area contributed by atoms with Gasteiger partial charge in [0.05, 0.1) is 0 Å². The van der Waals surface area contributed by atoms with Crippen LogP contribution in [0.2, 0.25) is 5.02 Å². The highest BCUT2D eigenvalue weighted by molar-refractivity contribution is 6.30. The molecule has 1 unspecified atom stereocenters. The zero-order valence-electron chi connectivity index (χ0n) is 10.0. The van der Waals surface area contributed by atoms with E-state index in [9.17, 15) is 4.39 Å². The highest BCUT2D eigenvalue weighted by Gasteiger charge is 2.03. The predicted molar refractivity (Wildman–Crippen MR) is 68.6 cm³/mol. The van der Waals surface area contributed by atoms with E-state index >= 15 is 0 Å². The highest BCUT2D eigenvalue weighted by atomic mass is 35.5. The minimum absolute atomic E-state index is 0.228. The zero-order valence-corrected chi connectivity index (χ0v) is 10.8. The monoisotopic (exact) mass is 259 g/mol. The maximum atomic E-state index is 13.4. The Bertz CT molecular complexity index is 346. The normalized spacial score (nSPS) is 12.7. The number of nitrogens with one attached hydrogen (secondary N) is 1. The van der Waals surface area contributed by atoms with Crippen molar-refractivity contribution in [3.8, 4) is 0 Å². The van der Waals surface area contributed by atoms with Crippen LogP contribution in [0.4, 0.5) is 4.39 Å². The molecule has 0 radical (unpaired) electrons. The van der Waals surface area contributed by atoms with E-state index in [-0.39, 0.29) is 12.4 Å². The van der Waals surface area contributed by atoms with Gasteiger partial charge in [0, 0.05) is 23.7 Å². The Morgan fingerprint density at radius 1 is 1.47 bits per heavy atom. The van der Waals surface area contributed by atoms with Crippen molar-refractivity contribution >= 4 is 11.6 Å². The van der Waals surface area contributed by atoms with Gasteiger partial charge in [0.15, 0.2) is 0 Å². The summed E-state index contributed by atoms with van der Waals surface area (Å²) in [6.45, 7) is 3.58. The third kappa shape index (κ3) is 5.48. The SMILES string of the molecule is CC(CO)CCCNCc1ccc(Cl)cc1F. The van der Waals surface area contributed by atoms with Crippen LogP contribution in [0.25, 0.3) is 0 Å². The standard InChI is InChI=1S/C13H19ClFNO/c1-10(9-17)3-2-6-16-8-11-4-5-12(14)7-13(11)15/h4-5,7,10,16-17H,2-3,6,8-9H2,1H3. The highest BCUT2D eigenvalue weighted by Crippen LogP contribution is 2.14. The molecule has 17 heavy (non-hydrogen) atoms. The first-order chi connectivity index (χ1) is 8.13. The van der Waals surface area contributed by atoms with Gasteiger partial charge in [0.25, 0.3) is 0 Å². The molecule has 0 saturated carbocycles. The number of aliphatic hydroxyl groups is 1. The zero-order chi connectivity index (χ0) is 12.7. The summed E-state index contributed by atoms with van der Waals surface area (Å²) in [5.74, 6) is 0.0674.